The molecule has 1 aliphatic rings. The summed E-state index contributed by atoms with van der Waals surface area (Å²) in [6, 6.07) is 0. The highest BCUT2D eigenvalue weighted by Crippen LogP contribution is 2.36. The van der Waals surface area contributed by atoms with E-state index in [2.05, 4.69) is 32.8 Å². The standard InChI is InChI=1S/C11H23N.ClH/c1-5-10-7-6-8-11(2,9-10)12(3)4;/h10H,5-9H2,1-4H3;1H. The number of hydrogen-bond donors (Lipinski definition) is 0. The fraction of sp³-hybridized carbons (Fsp3) is 1.00. The van der Waals surface area contributed by atoms with Crippen molar-refractivity contribution in [1.82, 2.24) is 4.90 Å². The Morgan fingerprint density at radius 3 is 2.46 bits per heavy atom. The van der Waals surface area contributed by atoms with Gasteiger partial charge in [-0.1, -0.05) is 26.2 Å². The van der Waals surface area contributed by atoms with Gasteiger partial charge in [-0.2, -0.15) is 0 Å². The lowest BCUT2D eigenvalue weighted by molar-refractivity contribution is 0.0877. The highest BCUT2D eigenvalue weighted by molar-refractivity contribution is 5.85. The van der Waals surface area contributed by atoms with Crippen molar-refractivity contribution < 1.29 is 0 Å². The van der Waals surface area contributed by atoms with Crippen molar-refractivity contribution in [3.63, 3.8) is 0 Å². The van der Waals surface area contributed by atoms with Crippen LogP contribution in [0.4, 0.5) is 0 Å². The minimum atomic E-state index is 0. The van der Waals surface area contributed by atoms with Crippen LogP contribution in [-0.2, 0) is 0 Å². The summed E-state index contributed by atoms with van der Waals surface area (Å²) in [6.07, 6.45) is 7.03. The maximum Gasteiger partial charge on any atom is 0.0178 e. The van der Waals surface area contributed by atoms with Gasteiger partial charge >= 0.3 is 0 Å². The number of halogens is 1. The minimum Gasteiger partial charge on any atom is -0.304 e. The Kier molecular flexibility index (Phi) is 5.31. The van der Waals surface area contributed by atoms with Crippen molar-refractivity contribution in [2.45, 2.75) is 51.5 Å². The van der Waals surface area contributed by atoms with E-state index in [1.54, 1.807) is 0 Å². The van der Waals surface area contributed by atoms with Gasteiger partial charge in [-0.15, -0.1) is 12.4 Å². The van der Waals surface area contributed by atoms with Crippen LogP contribution < -0.4 is 0 Å². The molecule has 0 aromatic carbocycles. The Balaban J connectivity index is 0.00000144. The zero-order valence-corrected chi connectivity index (χ0v) is 10.3. The van der Waals surface area contributed by atoms with Crippen LogP contribution in [0.15, 0.2) is 0 Å². The number of rotatable bonds is 2. The molecule has 0 amide bonds. The quantitative estimate of drug-likeness (QED) is 0.669. The van der Waals surface area contributed by atoms with Gasteiger partial charge in [0.05, 0.1) is 0 Å². The average molecular weight is 206 g/mol. The van der Waals surface area contributed by atoms with Gasteiger partial charge in [-0.05, 0) is 39.8 Å². The molecule has 0 saturated heterocycles. The molecular formula is C11H24ClN. The smallest absolute Gasteiger partial charge is 0.0178 e. The summed E-state index contributed by atoms with van der Waals surface area (Å²) >= 11 is 0. The van der Waals surface area contributed by atoms with Gasteiger partial charge < -0.3 is 4.90 Å². The summed E-state index contributed by atoms with van der Waals surface area (Å²) in [7, 11) is 4.44. The third-order valence-corrected chi connectivity index (χ3v) is 3.71. The molecular weight excluding hydrogens is 182 g/mol. The lowest BCUT2D eigenvalue weighted by Crippen LogP contribution is -2.45. The van der Waals surface area contributed by atoms with Crippen LogP contribution in [0, 0.1) is 5.92 Å². The Morgan fingerprint density at radius 2 is 2.00 bits per heavy atom. The molecule has 0 aromatic rings. The monoisotopic (exact) mass is 205 g/mol. The van der Waals surface area contributed by atoms with Crippen LogP contribution >= 0.6 is 12.4 Å². The largest absolute Gasteiger partial charge is 0.304 e. The van der Waals surface area contributed by atoms with Crippen LogP contribution in [0.5, 0.6) is 0 Å². The first-order valence-electron chi connectivity index (χ1n) is 5.26. The topological polar surface area (TPSA) is 3.24 Å². The van der Waals surface area contributed by atoms with Crippen LogP contribution in [0.2, 0.25) is 0 Å². The van der Waals surface area contributed by atoms with E-state index in [1.165, 1.54) is 32.1 Å². The summed E-state index contributed by atoms with van der Waals surface area (Å²) in [5.41, 5.74) is 0.485. The maximum atomic E-state index is 2.41. The molecule has 1 saturated carbocycles. The van der Waals surface area contributed by atoms with Crippen molar-refractivity contribution in [1.29, 1.82) is 0 Å². The molecule has 0 bridgehead atoms. The molecule has 13 heavy (non-hydrogen) atoms. The van der Waals surface area contributed by atoms with E-state index in [9.17, 15) is 0 Å². The van der Waals surface area contributed by atoms with Crippen LogP contribution in [-0.4, -0.2) is 24.5 Å². The molecule has 0 spiro atoms. The van der Waals surface area contributed by atoms with Crippen LogP contribution in [0.25, 0.3) is 0 Å². The van der Waals surface area contributed by atoms with E-state index in [-0.39, 0.29) is 12.4 Å². The molecule has 1 nitrogen and oxygen atoms in total. The second kappa shape index (κ2) is 5.21. The molecule has 80 valence electrons. The zero-order valence-electron chi connectivity index (χ0n) is 9.47. The molecule has 0 N–H and O–H groups in total. The lowest BCUT2D eigenvalue weighted by Gasteiger charge is -2.43. The molecule has 1 aliphatic carbocycles. The van der Waals surface area contributed by atoms with Crippen LogP contribution in [0.3, 0.4) is 0 Å². The SMILES string of the molecule is CCC1CCCC(C)(N(C)C)C1.Cl. The van der Waals surface area contributed by atoms with Gasteiger partial charge in [0.1, 0.15) is 0 Å². The van der Waals surface area contributed by atoms with E-state index < -0.39 is 0 Å². The normalized spacial score (nSPS) is 34.4. The number of hydrogen-bond acceptors (Lipinski definition) is 1. The van der Waals surface area contributed by atoms with E-state index in [0.29, 0.717) is 5.54 Å². The maximum absolute atomic E-state index is 2.41. The minimum absolute atomic E-state index is 0. The summed E-state index contributed by atoms with van der Waals surface area (Å²) < 4.78 is 0. The third kappa shape index (κ3) is 3.14. The van der Waals surface area contributed by atoms with Crippen molar-refractivity contribution in [3.05, 3.63) is 0 Å². The molecule has 1 fully saturated rings. The summed E-state index contributed by atoms with van der Waals surface area (Å²) in [5, 5.41) is 0. The first-order valence-corrected chi connectivity index (χ1v) is 5.26. The second-order valence-electron chi connectivity index (χ2n) is 4.76. The first-order chi connectivity index (χ1) is 5.58. The third-order valence-electron chi connectivity index (χ3n) is 3.71. The van der Waals surface area contributed by atoms with Crippen molar-refractivity contribution >= 4 is 12.4 Å². The van der Waals surface area contributed by atoms with Crippen LogP contribution in [0.1, 0.15) is 46.0 Å². The zero-order chi connectivity index (χ0) is 9.19. The highest BCUT2D eigenvalue weighted by Gasteiger charge is 2.32. The van der Waals surface area contributed by atoms with E-state index in [0.717, 1.165) is 5.92 Å². The molecule has 0 aromatic heterocycles. The van der Waals surface area contributed by atoms with E-state index in [4.69, 9.17) is 0 Å². The van der Waals surface area contributed by atoms with E-state index in [1.807, 2.05) is 0 Å². The van der Waals surface area contributed by atoms with Gasteiger partial charge in [0, 0.05) is 5.54 Å². The molecule has 1 rings (SSSR count). The molecule has 2 atom stereocenters. The molecule has 2 unspecified atom stereocenters. The Morgan fingerprint density at radius 1 is 1.38 bits per heavy atom. The predicted octanol–water partition coefficient (Wildman–Crippen LogP) is 3.33. The van der Waals surface area contributed by atoms with Gasteiger partial charge in [-0.3, -0.25) is 0 Å². The fourth-order valence-electron chi connectivity index (χ4n) is 2.35. The second-order valence-corrected chi connectivity index (χ2v) is 4.76. The van der Waals surface area contributed by atoms with Crippen molar-refractivity contribution in [3.8, 4) is 0 Å². The summed E-state index contributed by atoms with van der Waals surface area (Å²) in [6.45, 7) is 4.74. The van der Waals surface area contributed by atoms with E-state index >= 15 is 0 Å². The predicted molar refractivity (Wildman–Crippen MR) is 61.6 cm³/mol. The summed E-state index contributed by atoms with van der Waals surface area (Å²) in [5.74, 6) is 0.978. The molecule has 0 heterocycles. The molecule has 2 heteroatoms. The molecule has 0 aliphatic heterocycles. The van der Waals surface area contributed by atoms with Gasteiger partial charge in [-0.25, -0.2) is 0 Å². The lowest BCUT2D eigenvalue weighted by atomic mass is 9.75. The first kappa shape index (κ1) is 13.2. The molecule has 0 radical (unpaired) electrons. The van der Waals surface area contributed by atoms with Gasteiger partial charge in [0.25, 0.3) is 0 Å². The van der Waals surface area contributed by atoms with Crippen molar-refractivity contribution in [2.24, 2.45) is 5.92 Å². The van der Waals surface area contributed by atoms with Gasteiger partial charge in [0.15, 0.2) is 0 Å². The Hall–Kier alpha value is 0.250. The summed E-state index contributed by atoms with van der Waals surface area (Å²) in [4.78, 5) is 2.41. The Labute approximate surface area is 89.3 Å². The van der Waals surface area contributed by atoms with Gasteiger partial charge in [0.2, 0.25) is 0 Å². The highest BCUT2D eigenvalue weighted by atomic mass is 35.5. The number of nitrogens with zero attached hydrogens (tertiary/aromatic N) is 1. The average Bonchev–Trinajstić information content (AvgIpc) is 2.04. The van der Waals surface area contributed by atoms with Crippen molar-refractivity contribution in [2.75, 3.05) is 14.1 Å². The fourth-order valence-corrected chi connectivity index (χ4v) is 2.35. The Bertz CT molecular complexity index is 147.